The van der Waals surface area contributed by atoms with Gasteiger partial charge in [0.2, 0.25) is 5.91 Å². The molecule has 1 aromatic heterocycles. The zero-order valence-electron chi connectivity index (χ0n) is 14.3. The van der Waals surface area contributed by atoms with Crippen LogP contribution in [-0.2, 0) is 23.0 Å². The van der Waals surface area contributed by atoms with Gasteiger partial charge in [-0.1, -0.05) is 5.21 Å². The summed E-state index contributed by atoms with van der Waals surface area (Å²) in [5, 5.41) is 7.74. The molecule has 1 saturated heterocycles. The zero-order chi connectivity index (χ0) is 16.4. The number of carbonyl (C=O) groups excluding carboxylic acids is 1. The van der Waals surface area contributed by atoms with Crippen LogP contribution < -0.4 is 0 Å². The van der Waals surface area contributed by atoms with Crippen LogP contribution in [0.25, 0.3) is 0 Å². The molecule has 1 amide bonds. The fraction of sp³-hybridized carbons (Fsp3) is 0.812. The molecular formula is C16H27N5O2. The molecule has 2 heterocycles. The molecule has 3 atom stereocenters. The van der Waals surface area contributed by atoms with Crippen LogP contribution in [0.4, 0.5) is 0 Å². The highest BCUT2D eigenvalue weighted by molar-refractivity contribution is 5.78. The van der Waals surface area contributed by atoms with Crippen molar-refractivity contribution in [3.05, 3.63) is 11.9 Å². The van der Waals surface area contributed by atoms with Crippen LogP contribution in [0.3, 0.4) is 0 Å². The Bertz CT molecular complexity index is 546. The number of amides is 1. The summed E-state index contributed by atoms with van der Waals surface area (Å²) in [6.45, 7) is 2.07. The second-order valence-corrected chi connectivity index (χ2v) is 6.74. The first-order chi connectivity index (χ1) is 11.1. The number of rotatable bonds is 5. The van der Waals surface area contributed by atoms with Crippen LogP contribution in [0.5, 0.6) is 0 Å². The summed E-state index contributed by atoms with van der Waals surface area (Å²) >= 11 is 0. The van der Waals surface area contributed by atoms with Crippen molar-refractivity contribution < 1.29 is 9.53 Å². The predicted molar refractivity (Wildman–Crippen MR) is 85.9 cm³/mol. The number of likely N-dealkylation sites (tertiary alicyclic amines) is 1. The molecule has 0 N–H and O–H groups in total. The first-order valence-electron chi connectivity index (χ1n) is 8.46. The molecule has 7 nitrogen and oxygen atoms in total. The molecule has 0 bridgehead atoms. The van der Waals surface area contributed by atoms with E-state index in [-0.39, 0.29) is 5.91 Å². The summed E-state index contributed by atoms with van der Waals surface area (Å²) in [5.41, 5.74) is 0.858. The van der Waals surface area contributed by atoms with Crippen molar-refractivity contribution in [1.29, 1.82) is 0 Å². The number of aryl methyl sites for hydroxylation is 1. The topological polar surface area (TPSA) is 63.5 Å². The normalized spacial score (nSPS) is 28.4. The van der Waals surface area contributed by atoms with Gasteiger partial charge < -0.3 is 9.64 Å². The van der Waals surface area contributed by atoms with Crippen LogP contribution in [0.2, 0.25) is 0 Å². The predicted octanol–water partition coefficient (Wildman–Crippen LogP) is 0.458. The molecule has 2 fully saturated rings. The van der Waals surface area contributed by atoms with Gasteiger partial charge >= 0.3 is 0 Å². The molecule has 1 aromatic rings. The first kappa shape index (κ1) is 16.4. The van der Waals surface area contributed by atoms with E-state index < -0.39 is 0 Å². The fourth-order valence-electron chi connectivity index (χ4n) is 3.98. The maximum atomic E-state index is 12.6. The smallest absolute Gasteiger partial charge is 0.228 e. The minimum atomic E-state index is 0.148. The van der Waals surface area contributed by atoms with Crippen molar-refractivity contribution in [3.8, 4) is 0 Å². The highest BCUT2D eigenvalue weighted by Gasteiger charge is 2.39. The van der Waals surface area contributed by atoms with E-state index in [4.69, 9.17) is 4.74 Å². The van der Waals surface area contributed by atoms with E-state index in [0.29, 0.717) is 24.6 Å². The third-order valence-corrected chi connectivity index (χ3v) is 5.45. The SMILES string of the molecule is COC1CCN([C@@H]2CCC[C@@H]2N(C)C(=O)Cc2cnnn2C)C1. The Morgan fingerprint density at radius 1 is 1.43 bits per heavy atom. The molecule has 0 radical (unpaired) electrons. The van der Waals surface area contributed by atoms with Gasteiger partial charge in [0.1, 0.15) is 0 Å². The number of aromatic nitrogens is 3. The number of carbonyl (C=O) groups is 1. The summed E-state index contributed by atoms with van der Waals surface area (Å²) < 4.78 is 7.16. The van der Waals surface area contributed by atoms with Gasteiger partial charge in [0.05, 0.1) is 24.4 Å². The lowest BCUT2D eigenvalue weighted by molar-refractivity contribution is -0.132. The van der Waals surface area contributed by atoms with Crippen molar-refractivity contribution in [2.24, 2.45) is 7.05 Å². The summed E-state index contributed by atoms with van der Waals surface area (Å²) in [6.07, 6.45) is 6.92. The number of likely N-dealkylation sites (N-methyl/N-ethyl adjacent to an activating group) is 1. The van der Waals surface area contributed by atoms with Gasteiger partial charge in [0.25, 0.3) is 0 Å². The van der Waals surface area contributed by atoms with E-state index in [9.17, 15) is 4.79 Å². The largest absolute Gasteiger partial charge is 0.380 e. The molecule has 1 unspecified atom stereocenters. The molecule has 1 saturated carbocycles. The van der Waals surface area contributed by atoms with Crippen molar-refractivity contribution in [3.63, 3.8) is 0 Å². The Labute approximate surface area is 137 Å². The molecule has 2 aliphatic rings. The van der Waals surface area contributed by atoms with Crippen molar-refractivity contribution in [2.45, 2.75) is 50.3 Å². The van der Waals surface area contributed by atoms with Gasteiger partial charge in [0.15, 0.2) is 0 Å². The lowest BCUT2D eigenvalue weighted by Gasteiger charge is -2.35. The first-order valence-corrected chi connectivity index (χ1v) is 8.46. The van der Waals surface area contributed by atoms with E-state index in [1.165, 1.54) is 12.8 Å². The fourth-order valence-corrected chi connectivity index (χ4v) is 3.98. The third kappa shape index (κ3) is 3.40. The minimum absolute atomic E-state index is 0.148. The Kier molecular flexibility index (Phi) is 4.96. The highest BCUT2D eigenvalue weighted by atomic mass is 16.5. The van der Waals surface area contributed by atoms with E-state index in [2.05, 4.69) is 15.2 Å². The Morgan fingerprint density at radius 2 is 2.26 bits per heavy atom. The van der Waals surface area contributed by atoms with E-state index >= 15 is 0 Å². The van der Waals surface area contributed by atoms with Crippen molar-refractivity contribution >= 4 is 5.91 Å². The maximum Gasteiger partial charge on any atom is 0.228 e. The molecule has 128 valence electrons. The van der Waals surface area contributed by atoms with Crippen molar-refractivity contribution in [1.82, 2.24) is 24.8 Å². The van der Waals surface area contributed by atoms with Gasteiger partial charge in [-0.2, -0.15) is 0 Å². The quantitative estimate of drug-likeness (QED) is 0.788. The van der Waals surface area contributed by atoms with Crippen LogP contribution >= 0.6 is 0 Å². The molecule has 0 spiro atoms. The monoisotopic (exact) mass is 321 g/mol. The lowest BCUT2D eigenvalue weighted by atomic mass is 10.1. The summed E-state index contributed by atoms with van der Waals surface area (Å²) in [6, 6.07) is 0.771. The molecule has 1 aliphatic carbocycles. The zero-order valence-corrected chi connectivity index (χ0v) is 14.3. The summed E-state index contributed by atoms with van der Waals surface area (Å²) in [5.74, 6) is 0.148. The number of methoxy groups -OCH3 is 1. The number of ether oxygens (including phenoxy) is 1. The summed E-state index contributed by atoms with van der Waals surface area (Å²) in [7, 11) is 5.56. The van der Waals surface area contributed by atoms with Crippen LogP contribution in [0.15, 0.2) is 6.20 Å². The minimum Gasteiger partial charge on any atom is -0.380 e. The van der Waals surface area contributed by atoms with E-state index in [1.807, 2.05) is 19.0 Å². The molecule has 23 heavy (non-hydrogen) atoms. The molecule has 7 heteroatoms. The van der Waals surface area contributed by atoms with Gasteiger partial charge in [0, 0.05) is 46.4 Å². The van der Waals surface area contributed by atoms with Crippen LogP contribution in [0, 0.1) is 0 Å². The summed E-state index contributed by atoms with van der Waals surface area (Å²) in [4.78, 5) is 17.1. The molecule has 0 aromatic carbocycles. The average Bonchev–Trinajstić information content (AvgIpc) is 3.26. The van der Waals surface area contributed by atoms with Gasteiger partial charge in [-0.05, 0) is 25.7 Å². The maximum absolute atomic E-state index is 12.6. The van der Waals surface area contributed by atoms with Crippen molar-refractivity contribution in [2.75, 3.05) is 27.2 Å². The van der Waals surface area contributed by atoms with Crippen LogP contribution in [-0.4, -0.2) is 76.1 Å². The Hall–Kier alpha value is -1.47. The highest BCUT2D eigenvalue weighted by Crippen LogP contribution is 2.31. The Morgan fingerprint density at radius 3 is 2.91 bits per heavy atom. The molecular weight excluding hydrogens is 294 g/mol. The Balaban J connectivity index is 1.62. The van der Waals surface area contributed by atoms with E-state index in [1.54, 1.807) is 18.0 Å². The van der Waals surface area contributed by atoms with E-state index in [0.717, 1.165) is 31.6 Å². The molecule has 1 aliphatic heterocycles. The lowest BCUT2D eigenvalue weighted by Crippen LogP contribution is -2.49. The standard InChI is InChI=1S/C16H27N5O2/c1-19(16(22)9-12-10-17-18-20(12)2)14-5-4-6-15(14)21-8-7-13(11-21)23-3/h10,13-15H,4-9,11H2,1-3H3/t13?,14-,15+/m0/s1. The molecule has 3 rings (SSSR count). The average molecular weight is 321 g/mol. The van der Waals surface area contributed by atoms with Gasteiger partial charge in [-0.3, -0.25) is 14.4 Å². The van der Waals surface area contributed by atoms with Gasteiger partial charge in [-0.25, -0.2) is 0 Å². The number of hydrogen-bond acceptors (Lipinski definition) is 5. The number of hydrogen-bond donors (Lipinski definition) is 0. The van der Waals surface area contributed by atoms with Gasteiger partial charge in [-0.15, -0.1) is 5.10 Å². The third-order valence-electron chi connectivity index (χ3n) is 5.45. The second kappa shape index (κ2) is 6.97. The number of nitrogens with zero attached hydrogens (tertiary/aromatic N) is 5. The van der Waals surface area contributed by atoms with Crippen LogP contribution in [0.1, 0.15) is 31.4 Å². The second-order valence-electron chi connectivity index (χ2n) is 6.74.